The van der Waals surface area contributed by atoms with Crippen molar-refractivity contribution in [2.45, 2.75) is 37.9 Å². The van der Waals surface area contributed by atoms with Gasteiger partial charge < -0.3 is 5.32 Å². The molecule has 2 N–H and O–H groups in total. The Morgan fingerprint density at radius 1 is 1.41 bits per heavy atom. The summed E-state index contributed by atoms with van der Waals surface area (Å²) in [7, 11) is 0. The average Bonchev–Trinajstić information content (AvgIpc) is 3.26. The minimum atomic E-state index is -0.495. The summed E-state index contributed by atoms with van der Waals surface area (Å²) in [5.74, 6) is 2.41. The van der Waals surface area contributed by atoms with Crippen molar-refractivity contribution in [1.82, 2.24) is 14.9 Å². The molecule has 0 spiro atoms. The van der Waals surface area contributed by atoms with E-state index in [1.54, 1.807) is 0 Å². The van der Waals surface area contributed by atoms with Gasteiger partial charge in [-0.05, 0) is 0 Å². The van der Waals surface area contributed by atoms with E-state index in [1.807, 2.05) is 0 Å². The van der Waals surface area contributed by atoms with Gasteiger partial charge in [0.05, 0.1) is 0 Å². The van der Waals surface area contributed by atoms with Gasteiger partial charge in [-0.25, -0.2) is 4.79 Å². The first-order chi connectivity index (χ1) is 10.5. The monoisotopic (exact) mass is 303 g/mol. The first kappa shape index (κ1) is 15.7. The highest BCUT2D eigenvalue weighted by Gasteiger charge is 2.39. The Kier molecular flexibility index (Phi) is 4.88. The molecule has 1 aromatic rings. The van der Waals surface area contributed by atoms with Crippen molar-refractivity contribution < 1.29 is 4.79 Å². The number of hydrogen-bond acceptors (Lipinski definition) is 5. The molecule has 0 bridgehead atoms. The predicted molar refractivity (Wildman–Crippen MR) is 79.2 cm³/mol. The van der Waals surface area contributed by atoms with Crippen LogP contribution in [0.1, 0.15) is 25.7 Å². The molecular weight excluding hydrogens is 286 g/mol. The zero-order valence-electron chi connectivity index (χ0n) is 12.0. The van der Waals surface area contributed by atoms with Crippen LogP contribution >= 0.6 is 0 Å². The molecule has 2 rings (SSSR count). The highest BCUT2D eigenvalue weighted by Crippen LogP contribution is 2.37. The van der Waals surface area contributed by atoms with Crippen molar-refractivity contribution in [3.05, 3.63) is 33.1 Å². The molecule has 1 aliphatic rings. The molecule has 0 aromatic carbocycles. The molecule has 1 aromatic heterocycles. The first-order valence-corrected chi connectivity index (χ1v) is 6.99. The fraction of sp³-hybridized carbons (Fsp3) is 0.500. The van der Waals surface area contributed by atoms with Crippen LogP contribution < -0.4 is 16.6 Å². The van der Waals surface area contributed by atoms with Crippen LogP contribution in [0, 0.1) is 12.3 Å². The third kappa shape index (κ3) is 4.41. The van der Waals surface area contributed by atoms with E-state index < -0.39 is 16.9 Å². The normalized spacial score (nSPS) is 14.3. The number of aromatic nitrogens is 2. The van der Waals surface area contributed by atoms with Gasteiger partial charge in [-0.15, -0.1) is 12.3 Å². The number of terminal acetylenes is 1. The molecule has 1 aliphatic heterocycles. The molecule has 0 atom stereocenters. The SMILES string of the molecule is C#CCCC1(CCC(=O)NCCn2ccc(=O)[nH]c2=O)N=N1. The summed E-state index contributed by atoms with van der Waals surface area (Å²) in [6.07, 6.45) is 8.69. The lowest BCUT2D eigenvalue weighted by Crippen LogP contribution is -2.34. The van der Waals surface area contributed by atoms with E-state index in [2.05, 4.69) is 26.4 Å². The van der Waals surface area contributed by atoms with Crippen LogP contribution in [0.3, 0.4) is 0 Å². The van der Waals surface area contributed by atoms with Gasteiger partial charge in [-0.1, -0.05) is 0 Å². The molecular formula is C14H17N5O3. The molecule has 8 heteroatoms. The van der Waals surface area contributed by atoms with Gasteiger partial charge in [0.2, 0.25) is 5.91 Å². The Hall–Kier alpha value is -2.69. The van der Waals surface area contributed by atoms with E-state index in [-0.39, 0.29) is 5.91 Å². The maximum atomic E-state index is 11.7. The maximum absolute atomic E-state index is 11.7. The third-order valence-electron chi connectivity index (χ3n) is 3.38. The summed E-state index contributed by atoms with van der Waals surface area (Å²) < 4.78 is 1.32. The van der Waals surface area contributed by atoms with E-state index in [1.165, 1.54) is 16.8 Å². The highest BCUT2D eigenvalue weighted by atomic mass is 16.2. The van der Waals surface area contributed by atoms with E-state index in [0.717, 1.165) is 0 Å². The van der Waals surface area contributed by atoms with Gasteiger partial charge in [0.25, 0.3) is 5.56 Å². The van der Waals surface area contributed by atoms with Crippen LogP contribution in [0.5, 0.6) is 0 Å². The maximum Gasteiger partial charge on any atom is 0.328 e. The van der Waals surface area contributed by atoms with Gasteiger partial charge in [0, 0.05) is 51.0 Å². The Morgan fingerprint density at radius 3 is 2.82 bits per heavy atom. The minimum Gasteiger partial charge on any atom is -0.354 e. The summed E-state index contributed by atoms with van der Waals surface area (Å²) in [5.41, 5.74) is -1.40. The average molecular weight is 303 g/mol. The van der Waals surface area contributed by atoms with Crippen molar-refractivity contribution in [1.29, 1.82) is 0 Å². The second-order valence-corrected chi connectivity index (χ2v) is 5.04. The van der Waals surface area contributed by atoms with Crippen molar-refractivity contribution in [2.24, 2.45) is 10.2 Å². The number of amides is 1. The standard InChI is InChI=1S/C14H17N5O3/c1-2-3-6-14(17-18-14)7-4-11(20)15-8-10-19-9-5-12(21)16-13(19)22/h1,5,9H,3-4,6-8,10H2,(H,15,20)(H,16,21,22). The predicted octanol–water partition coefficient (Wildman–Crippen LogP) is 0.00850. The number of H-pyrrole nitrogens is 1. The van der Waals surface area contributed by atoms with Crippen molar-refractivity contribution >= 4 is 5.91 Å². The van der Waals surface area contributed by atoms with Crippen LogP contribution in [0.4, 0.5) is 0 Å². The van der Waals surface area contributed by atoms with Gasteiger partial charge in [0.15, 0.2) is 5.66 Å². The number of carbonyl (C=O) groups is 1. The van der Waals surface area contributed by atoms with E-state index in [0.29, 0.717) is 38.8 Å². The second kappa shape index (κ2) is 6.85. The minimum absolute atomic E-state index is 0.130. The van der Waals surface area contributed by atoms with E-state index >= 15 is 0 Å². The smallest absolute Gasteiger partial charge is 0.328 e. The molecule has 2 heterocycles. The lowest BCUT2D eigenvalue weighted by molar-refractivity contribution is -0.121. The van der Waals surface area contributed by atoms with Gasteiger partial charge in [-0.3, -0.25) is 19.1 Å². The highest BCUT2D eigenvalue weighted by molar-refractivity contribution is 5.75. The lowest BCUT2D eigenvalue weighted by Gasteiger charge is -2.09. The molecule has 0 saturated heterocycles. The lowest BCUT2D eigenvalue weighted by atomic mass is 10.0. The van der Waals surface area contributed by atoms with Gasteiger partial charge in [0.1, 0.15) is 0 Å². The van der Waals surface area contributed by atoms with Crippen LogP contribution in [0.25, 0.3) is 0 Å². The molecule has 8 nitrogen and oxygen atoms in total. The summed E-state index contributed by atoms with van der Waals surface area (Å²) >= 11 is 0. The topological polar surface area (TPSA) is 109 Å². The van der Waals surface area contributed by atoms with Crippen molar-refractivity contribution in [2.75, 3.05) is 6.54 Å². The van der Waals surface area contributed by atoms with E-state index in [4.69, 9.17) is 6.42 Å². The summed E-state index contributed by atoms with van der Waals surface area (Å²) in [4.78, 5) is 36.2. The number of carbonyl (C=O) groups excluding carboxylic acids is 1. The quantitative estimate of drug-likeness (QED) is 0.660. The third-order valence-corrected chi connectivity index (χ3v) is 3.38. The number of rotatable bonds is 8. The number of hydrogen-bond donors (Lipinski definition) is 2. The Balaban J connectivity index is 1.69. The Bertz CT molecular complexity index is 719. The van der Waals surface area contributed by atoms with Gasteiger partial charge in [-0.2, -0.15) is 10.2 Å². The van der Waals surface area contributed by atoms with Crippen LogP contribution in [0.15, 0.2) is 32.1 Å². The zero-order chi connectivity index (χ0) is 16.0. The van der Waals surface area contributed by atoms with E-state index in [9.17, 15) is 14.4 Å². The summed E-state index contributed by atoms with van der Waals surface area (Å²) in [6, 6.07) is 1.26. The van der Waals surface area contributed by atoms with Crippen LogP contribution in [0.2, 0.25) is 0 Å². The fourth-order valence-electron chi connectivity index (χ4n) is 2.01. The fourth-order valence-corrected chi connectivity index (χ4v) is 2.01. The summed E-state index contributed by atoms with van der Waals surface area (Å²) in [5, 5.41) is 10.6. The molecule has 116 valence electrons. The number of nitrogens with one attached hydrogen (secondary N) is 2. The number of aromatic amines is 1. The number of nitrogens with zero attached hydrogens (tertiary/aromatic N) is 3. The first-order valence-electron chi connectivity index (χ1n) is 6.99. The Morgan fingerprint density at radius 2 is 2.18 bits per heavy atom. The molecule has 0 fully saturated rings. The van der Waals surface area contributed by atoms with Crippen LogP contribution in [-0.4, -0.2) is 27.7 Å². The second-order valence-electron chi connectivity index (χ2n) is 5.04. The molecule has 0 aliphatic carbocycles. The van der Waals surface area contributed by atoms with Crippen LogP contribution in [-0.2, 0) is 11.3 Å². The summed E-state index contributed by atoms with van der Waals surface area (Å²) in [6.45, 7) is 0.592. The van der Waals surface area contributed by atoms with Gasteiger partial charge >= 0.3 is 5.69 Å². The molecule has 0 unspecified atom stereocenters. The molecule has 1 amide bonds. The van der Waals surface area contributed by atoms with Crippen molar-refractivity contribution in [3.63, 3.8) is 0 Å². The molecule has 22 heavy (non-hydrogen) atoms. The Labute approximate surface area is 126 Å². The molecule has 0 saturated carbocycles. The van der Waals surface area contributed by atoms with Crippen molar-refractivity contribution in [3.8, 4) is 12.3 Å². The largest absolute Gasteiger partial charge is 0.354 e. The zero-order valence-corrected chi connectivity index (χ0v) is 12.0. The molecule has 0 radical (unpaired) electrons.